The first-order valence-electron chi connectivity index (χ1n) is 5.31. The van der Waals surface area contributed by atoms with E-state index >= 15 is 0 Å². The van der Waals surface area contributed by atoms with Gasteiger partial charge in [0.1, 0.15) is 5.82 Å². The summed E-state index contributed by atoms with van der Waals surface area (Å²) in [4.78, 5) is 0. The van der Waals surface area contributed by atoms with Crippen molar-refractivity contribution in [3.63, 3.8) is 0 Å². The Morgan fingerprint density at radius 2 is 2.12 bits per heavy atom. The number of nitrogens with two attached hydrogens (primary N) is 1. The van der Waals surface area contributed by atoms with Crippen LogP contribution in [0.2, 0.25) is 5.02 Å². The van der Waals surface area contributed by atoms with Crippen molar-refractivity contribution in [3.8, 4) is 0 Å². The van der Waals surface area contributed by atoms with E-state index in [1.165, 1.54) is 6.07 Å². The van der Waals surface area contributed by atoms with E-state index in [0.717, 1.165) is 5.57 Å². The van der Waals surface area contributed by atoms with Crippen LogP contribution in [-0.4, -0.2) is 6.54 Å². The number of benzene rings is 1. The number of rotatable bonds is 4. The van der Waals surface area contributed by atoms with Gasteiger partial charge >= 0.3 is 0 Å². The standard InChI is InChI=1S/C13H17ClFN/c1-8(2)9(3)12(7-16)11-5-4-10(14)6-13(11)15/h4-6,8,12H,3,7,16H2,1-2H3/t12-/m0/s1. The number of hydrogen-bond donors (Lipinski definition) is 1. The Kier molecular flexibility index (Phi) is 4.51. The molecule has 0 heterocycles. The van der Waals surface area contributed by atoms with E-state index in [4.69, 9.17) is 17.3 Å². The molecule has 16 heavy (non-hydrogen) atoms. The molecule has 0 saturated heterocycles. The van der Waals surface area contributed by atoms with Gasteiger partial charge in [0.25, 0.3) is 0 Å². The predicted molar refractivity (Wildman–Crippen MR) is 67.2 cm³/mol. The van der Waals surface area contributed by atoms with Gasteiger partial charge < -0.3 is 5.73 Å². The third kappa shape index (κ3) is 2.83. The third-order valence-corrected chi connectivity index (χ3v) is 3.00. The highest BCUT2D eigenvalue weighted by atomic mass is 35.5. The molecule has 3 heteroatoms. The van der Waals surface area contributed by atoms with Crippen molar-refractivity contribution < 1.29 is 4.39 Å². The lowest BCUT2D eigenvalue weighted by atomic mass is 9.85. The molecule has 0 aliphatic rings. The van der Waals surface area contributed by atoms with Gasteiger partial charge in [0, 0.05) is 17.5 Å². The summed E-state index contributed by atoms with van der Waals surface area (Å²) in [5.41, 5.74) is 7.21. The summed E-state index contributed by atoms with van der Waals surface area (Å²) in [5.74, 6) is -0.175. The molecule has 0 aliphatic heterocycles. The smallest absolute Gasteiger partial charge is 0.128 e. The van der Waals surface area contributed by atoms with Gasteiger partial charge in [0.2, 0.25) is 0 Å². The van der Waals surface area contributed by atoms with Crippen LogP contribution < -0.4 is 5.73 Å². The minimum absolute atomic E-state index is 0.141. The average molecular weight is 242 g/mol. The molecule has 1 aromatic carbocycles. The maximum atomic E-state index is 13.7. The summed E-state index contributed by atoms with van der Waals surface area (Å²) in [7, 11) is 0. The zero-order valence-electron chi connectivity index (χ0n) is 9.63. The summed E-state index contributed by atoms with van der Waals surface area (Å²) in [6, 6.07) is 4.67. The highest BCUT2D eigenvalue weighted by Crippen LogP contribution is 2.30. The fourth-order valence-electron chi connectivity index (χ4n) is 1.66. The summed E-state index contributed by atoms with van der Waals surface area (Å²) in [6.45, 7) is 8.40. The van der Waals surface area contributed by atoms with Crippen molar-refractivity contribution in [1.29, 1.82) is 0 Å². The Morgan fingerprint density at radius 3 is 2.56 bits per heavy atom. The molecule has 1 atom stereocenters. The second kappa shape index (κ2) is 5.46. The lowest BCUT2D eigenvalue weighted by Crippen LogP contribution is -2.18. The first kappa shape index (κ1) is 13.2. The molecular weight excluding hydrogens is 225 g/mol. The van der Waals surface area contributed by atoms with Crippen LogP contribution in [0.3, 0.4) is 0 Å². The number of hydrogen-bond acceptors (Lipinski definition) is 1. The molecule has 1 nitrogen and oxygen atoms in total. The van der Waals surface area contributed by atoms with Crippen LogP contribution >= 0.6 is 11.6 Å². The normalized spacial score (nSPS) is 12.9. The largest absolute Gasteiger partial charge is 0.330 e. The van der Waals surface area contributed by atoms with Gasteiger partial charge in [-0.2, -0.15) is 0 Å². The van der Waals surface area contributed by atoms with E-state index < -0.39 is 0 Å². The maximum Gasteiger partial charge on any atom is 0.128 e. The third-order valence-electron chi connectivity index (χ3n) is 2.76. The maximum absolute atomic E-state index is 13.7. The molecule has 0 aliphatic carbocycles. The molecule has 0 bridgehead atoms. The van der Waals surface area contributed by atoms with Crippen molar-refractivity contribution in [2.24, 2.45) is 11.7 Å². The Labute approximate surface area is 101 Å². The Bertz CT molecular complexity index is 388. The first-order valence-corrected chi connectivity index (χ1v) is 5.68. The van der Waals surface area contributed by atoms with E-state index in [0.29, 0.717) is 17.1 Å². The average Bonchev–Trinajstić information content (AvgIpc) is 2.21. The molecule has 0 aromatic heterocycles. The van der Waals surface area contributed by atoms with Crippen LogP contribution in [0.15, 0.2) is 30.4 Å². The van der Waals surface area contributed by atoms with Gasteiger partial charge in [-0.1, -0.05) is 43.7 Å². The molecular formula is C13H17ClFN. The molecule has 0 spiro atoms. The van der Waals surface area contributed by atoms with Gasteiger partial charge in [-0.15, -0.1) is 0 Å². The first-order chi connectivity index (χ1) is 7.47. The summed E-state index contributed by atoms with van der Waals surface area (Å²) in [5, 5.41) is 0.396. The van der Waals surface area contributed by atoms with Crippen molar-refractivity contribution in [3.05, 3.63) is 46.8 Å². The molecule has 0 saturated carbocycles. The van der Waals surface area contributed by atoms with Gasteiger partial charge in [0.15, 0.2) is 0 Å². The quantitative estimate of drug-likeness (QED) is 0.799. The predicted octanol–water partition coefficient (Wildman–Crippen LogP) is 3.73. The second-order valence-corrected chi connectivity index (χ2v) is 4.62. The zero-order chi connectivity index (χ0) is 12.3. The molecule has 0 unspecified atom stereocenters. The van der Waals surface area contributed by atoms with E-state index in [-0.39, 0.29) is 17.7 Å². The highest BCUT2D eigenvalue weighted by Gasteiger charge is 2.19. The van der Waals surface area contributed by atoms with E-state index in [1.807, 2.05) is 13.8 Å². The van der Waals surface area contributed by atoms with Crippen molar-refractivity contribution in [1.82, 2.24) is 0 Å². The van der Waals surface area contributed by atoms with E-state index in [1.54, 1.807) is 12.1 Å². The summed E-state index contributed by atoms with van der Waals surface area (Å²) >= 11 is 5.71. The van der Waals surface area contributed by atoms with Crippen LogP contribution in [0.1, 0.15) is 25.3 Å². The molecule has 1 aromatic rings. The fourth-order valence-corrected chi connectivity index (χ4v) is 1.82. The van der Waals surface area contributed by atoms with Gasteiger partial charge in [-0.25, -0.2) is 4.39 Å². The minimum Gasteiger partial charge on any atom is -0.330 e. The van der Waals surface area contributed by atoms with Crippen molar-refractivity contribution in [2.75, 3.05) is 6.54 Å². The SMILES string of the molecule is C=C(C(C)C)[C@H](CN)c1ccc(Cl)cc1F. The number of halogens is 2. The Morgan fingerprint density at radius 1 is 1.50 bits per heavy atom. The Balaban J connectivity index is 3.09. The van der Waals surface area contributed by atoms with Gasteiger partial charge in [0.05, 0.1) is 0 Å². The van der Waals surface area contributed by atoms with Crippen LogP contribution in [0, 0.1) is 11.7 Å². The second-order valence-electron chi connectivity index (χ2n) is 4.18. The van der Waals surface area contributed by atoms with Crippen LogP contribution in [0.5, 0.6) is 0 Å². The van der Waals surface area contributed by atoms with E-state index in [9.17, 15) is 4.39 Å². The molecule has 0 amide bonds. The van der Waals surface area contributed by atoms with E-state index in [2.05, 4.69) is 6.58 Å². The molecule has 1 rings (SSSR count). The minimum atomic E-state index is -0.315. The summed E-state index contributed by atoms with van der Waals surface area (Å²) in [6.07, 6.45) is 0. The van der Waals surface area contributed by atoms with Crippen LogP contribution in [0.4, 0.5) is 4.39 Å². The Hall–Kier alpha value is -0.860. The monoisotopic (exact) mass is 241 g/mol. The topological polar surface area (TPSA) is 26.0 Å². The molecule has 0 radical (unpaired) electrons. The van der Waals surface area contributed by atoms with Gasteiger partial charge in [-0.3, -0.25) is 0 Å². The molecule has 0 fully saturated rings. The van der Waals surface area contributed by atoms with Crippen molar-refractivity contribution >= 4 is 11.6 Å². The highest BCUT2D eigenvalue weighted by molar-refractivity contribution is 6.30. The molecule has 88 valence electrons. The van der Waals surface area contributed by atoms with Crippen LogP contribution in [0.25, 0.3) is 0 Å². The zero-order valence-corrected chi connectivity index (χ0v) is 10.4. The lowest BCUT2D eigenvalue weighted by molar-refractivity contribution is 0.578. The van der Waals surface area contributed by atoms with Crippen molar-refractivity contribution in [2.45, 2.75) is 19.8 Å². The van der Waals surface area contributed by atoms with Gasteiger partial charge in [-0.05, 0) is 23.6 Å². The fraction of sp³-hybridized carbons (Fsp3) is 0.385. The molecule has 2 N–H and O–H groups in total. The van der Waals surface area contributed by atoms with Crippen LogP contribution in [-0.2, 0) is 0 Å². The lowest BCUT2D eigenvalue weighted by Gasteiger charge is -2.21. The summed E-state index contributed by atoms with van der Waals surface area (Å²) < 4.78 is 13.7.